The number of hydrogen-bond donors (Lipinski definition) is 2. The summed E-state index contributed by atoms with van der Waals surface area (Å²) in [5, 5.41) is 12.5. The fourth-order valence-corrected chi connectivity index (χ4v) is 5.72. The van der Waals surface area contributed by atoms with Crippen LogP contribution in [-0.4, -0.2) is 53.7 Å². The molecule has 2 aromatic carbocycles. The van der Waals surface area contributed by atoms with E-state index < -0.39 is 23.5 Å². The Bertz CT molecular complexity index is 1100. The van der Waals surface area contributed by atoms with E-state index in [4.69, 9.17) is 4.74 Å². The summed E-state index contributed by atoms with van der Waals surface area (Å²) in [7, 11) is 0. The minimum absolute atomic E-state index is 0.0515. The third-order valence-corrected chi connectivity index (χ3v) is 8.03. The quantitative estimate of drug-likeness (QED) is 0.644. The fraction of sp³-hybridized carbons (Fsp3) is 0.464. The lowest BCUT2D eigenvalue weighted by atomic mass is 9.78. The topological polar surface area (TPSA) is 95.9 Å². The second kappa shape index (κ2) is 9.36. The van der Waals surface area contributed by atoms with E-state index >= 15 is 0 Å². The lowest BCUT2D eigenvalue weighted by Gasteiger charge is -2.41. The van der Waals surface area contributed by atoms with E-state index in [1.165, 1.54) is 0 Å². The van der Waals surface area contributed by atoms with Crippen molar-refractivity contribution in [1.82, 2.24) is 10.2 Å². The van der Waals surface area contributed by atoms with Gasteiger partial charge in [0.15, 0.2) is 0 Å². The number of amides is 2. The van der Waals surface area contributed by atoms with Crippen molar-refractivity contribution in [2.24, 2.45) is 11.3 Å². The van der Waals surface area contributed by atoms with Gasteiger partial charge in [0, 0.05) is 19.0 Å². The van der Waals surface area contributed by atoms with Crippen LogP contribution in [0.3, 0.4) is 0 Å². The number of carboxylic acid groups (broad SMARTS) is 1. The van der Waals surface area contributed by atoms with Crippen LogP contribution >= 0.6 is 0 Å². The number of nitrogens with one attached hydrogen (secondary N) is 1. The summed E-state index contributed by atoms with van der Waals surface area (Å²) in [5.41, 5.74) is 3.63. The second-order valence-corrected chi connectivity index (χ2v) is 10.4. The Kier molecular flexibility index (Phi) is 6.26. The number of carboxylic acids is 1. The summed E-state index contributed by atoms with van der Waals surface area (Å²) in [4.78, 5) is 39.7. The first kappa shape index (κ1) is 23.4. The number of fused-ring (bicyclic) bond motifs is 3. The molecule has 0 bridgehead atoms. The first-order valence-electron chi connectivity index (χ1n) is 12.5. The first-order chi connectivity index (χ1) is 16.9. The van der Waals surface area contributed by atoms with Gasteiger partial charge in [-0.05, 0) is 60.8 Å². The van der Waals surface area contributed by atoms with Gasteiger partial charge in [-0.3, -0.25) is 9.59 Å². The van der Waals surface area contributed by atoms with E-state index in [1.54, 1.807) is 11.8 Å². The molecule has 184 valence electrons. The molecule has 7 heteroatoms. The van der Waals surface area contributed by atoms with Crippen molar-refractivity contribution < 1.29 is 24.2 Å². The second-order valence-electron chi connectivity index (χ2n) is 10.4. The molecule has 2 N–H and O–H groups in total. The Morgan fingerprint density at radius 2 is 1.69 bits per heavy atom. The summed E-state index contributed by atoms with van der Waals surface area (Å²) in [6.07, 6.45) is 3.33. The van der Waals surface area contributed by atoms with Gasteiger partial charge >= 0.3 is 12.1 Å². The third kappa shape index (κ3) is 4.40. The van der Waals surface area contributed by atoms with Crippen LogP contribution in [0.2, 0.25) is 0 Å². The highest BCUT2D eigenvalue weighted by atomic mass is 16.5. The highest BCUT2D eigenvalue weighted by Crippen LogP contribution is 2.44. The minimum Gasteiger partial charge on any atom is -0.481 e. The molecule has 35 heavy (non-hydrogen) atoms. The van der Waals surface area contributed by atoms with Gasteiger partial charge in [-0.25, -0.2) is 4.79 Å². The van der Waals surface area contributed by atoms with Gasteiger partial charge in [0.05, 0.1) is 5.41 Å². The zero-order valence-electron chi connectivity index (χ0n) is 20.0. The van der Waals surface area contributed by atoms with Gasteiger partial charge in [0.25, 0.3) is 0 Å². The monoisotopic (exact) mass is 476 g/mol. The molecule has 2 amide bonds. The zero-order valence-corrected chi connectivity index (χ0v) is 20.0. The third-order valence-electron chi connectivity index (χ3n) is 8.03. The van der Waals surface area contributed by atoms with E-state index in [0.717, 1.165) is 41.5 Å². The molecular formula is C28H32N2O5. The van der Waals surface area contributed by atoms with Gasteiger partial charge in [-0.1, -0.05) is 55.0 Å². The van der Waals surface area contributed by atoms with Crippen LogP contribution < -0.4 is 5.32 Å². The van der Waals surface area contributed by atoms with Crippen LogP contribution in [0.4, 0.5) is 4.79 Å². The average molecular weight is 477 g/mol. The number of ether oxygens (including phenoxy) is 1. The lowest BCUT2D eigenvalue weighted by Crippen LogP contribution is -2.57. The van der Waals surface area contributed by atoms with E-state index in [-0.39, 0.29) is 30.9 Å². The molecule has 2 atom stereocenters. The maximum atomic E-state index is 13.4. The van der Waals surface area contributed by atoms with Crippen molar-refractivity contribution >= 4 is 18.0 Å². The summed E-state index contributed by atoms with van der Waals surface area (Å²) in [5.74, 6) is -1.08. The molecule has 1 aliphatic heterocycles. The Morgan fingerprint density at radius 3 is 2.26 bits per heavy atom. The molecule has 2 aliphatic carbocycles. The molecule has 0 spiro atoms. The van der Waals surface area contributed by atoms with E-state index in [0.29, 0.717) is 19.4 Å². The molecule has 0 radical (unpaired) electrons. The number of likely N-dealkylation sites (tertiary alicyclic amines) is 1. The van der Waals surface area contributed by atoms with Crippen molar-refractivity contribution in [3.8, 4) is 11.1 Å². The predicted octanol–water partition coefficient (Wildman–Crippen LogP) is 4.41. The van der Waals surface area contributed by atoms with E-state index in [2.05, 4.69) is 29.6 Å². The maximum absolute atomic E-state index is 13.4. The lowest BCUT2D eigenvalue weighted by molar-refractivity contribution is -0.154. The minimum atomic E-state index is -0.957. The van der Waals surface area contributed by atoms with Crippen LogP contribution in [-0.2, 0) is 14.3 Å². The number of nitrogens with zero attached hydrogens (tertiary/aromatic N) is 1. The highest BCUT2D eigenvalue weighted by molar-refractivity contribution is 5.87. The van der Waals surface area contributed by atoms with Crippen molar-refractivity contribution in [2.75, 3.05) is 19.7 Å². The smallest absolute Gasteiger partial charge is 0.407 e. The first-order valence-corrected chi connectivity index (χ1v) is 12.5. The summed E-state index contributed by atoms with van der Waals surface area (Å²) in [6, 6.07) is 15.6. The molecular weight excluding hydrogens is 444 g/mol. The highest BCUT2D eigenvalue weighted by Gasteiger charge is 2.43. The SMILES string of the molecule is CC1(C(=O)O)CCCN(C(=O)C(NC(=O)OCC2c3ccccc3-c3ccccc32)C2CCC2)C1. The summed E-state index contributed by atoms with van der Waals surface area (Å²) < 4.78 is 5.69. The van der Waals surface area contributed by atoms with Crippen LogP contribution in [0.5, 0.6) is 0 Å². The standard InChI is InChI=1S/C28H32N2O5/c1-28(26(32)33)14-7-15-30(17-28)25(31)24(18-8-6-9-18)29-27(34)35-16-23-21-12-4-2-10-19(21)20-11-3-5-13-22(20)23/h2-5,10-13,18,23-24H,6-9,14-17H2,1H3,(H,29,34)(H,32,33). The van der Waals surface area contributed by atoms with Gasteiger partial charge < -0.3 is 20.1 Å². The number of carbonyl (C=O) groups is 3. The number of hydrogen-bond acceptors (Lipinski definition) is 4. The fourth-order valence-electron chi connectivity index (χ4n) is 5.72. The van der Waals surface area contributed by atoms with E-state index in [1.807, 2.05) is 24.3 Å². The molecule has 0 aromatic heterocycles. The van der Waals surface area contributed by atoms with Crippen LogP contribution in [0, 0.1) is 11.3 Å². The van der Waals surface area contributed by atoms with Gasteiger partial charge in [0.1, 0.15) is 12.6 Å². The van der Waals surface area contributed by atoms with Gasteiger partial charge in [0.2, 0.25) is 5.91 Å². The average Bonchev–Trinajstić information content (AvgIpc) is 3.14. The molecule has 2 unspecified atom stereocenters. The number of benzene rings is 2. The molecule has 7 nitrogen and oxygen atoms in total. The molecule has 1 saturated heterocycles. The van der Waals surface area contributed by atoms with Crippen molar-refractivity contribution in [1.29, 1.82) is 0 Å². The number of rotatable bonds is 6. The summed E-state index contributed by atoms with van der Waals surface area (Å²) in [6.45, 7) is 2.55. The Hall–Kier alpha value is -3.35. The number of piperidine rings is 1. The molecule has 2 aromatic rings. The van der Waals surface area contributed by atoms with Crippen LogP contribution in [0.1, 0.15) is 56.1 Å². The predicted molar refractivity (Wildman–Crippen MR) is 131 cm³/mol. The van der Waals surface area contributed by atoms with Gasteiger partial charge in [-0.15, -0.1) is 0 Å². The Morgan fingerprint density at radius 1 is 1.06 bits per heavy atom. The number of carbonyl (C=O) groups excluding carboxylic acids is 2. The largest absolute Gasteiger partial charge is 0.481 e. The molecule has 2 fully saturated rings. The van der Waals surface area contributed by atoms with Crippen molar-refractivity contribution in [2.45, 2.75) is 51.0 Å². The Balaban J connectivity index is 1.26. The normalized spacial score (nSPS) is 22.5. The zero-order chi connectivity index (χ0) is 24.6. The molecule has 1 heterocycles. The van der Waals surface area contributed by atoms with Crippen molar-refractivity contribution in [3.05, 3.63) is 59.7 Å². The number of aliphatic carboxylic acids is 1. The van der Waals surface area contributed by atoms with Crippen LogP contribution in [0.25, 0.3) is 11.1 Å². The molecule has 1 saturated carbocycles. The van der Waals surface area contributed by atoms with Gasteiger partial charge in [-0.2, -0.15) is 0 Å². The van der Waals surface area contributed by atoms with Crippen molar-refractivity contribution in [3.63, 3.8) is 0 Å². The van der Waals surface area contributed by atoms with E-state index in [9.17, 15) is 19.5 Å². The maximum Gasteiger partial charge on any atom is 0.407 e. The van der Waals surface area contributed by atoms with Crippen LogP contribution in [0.15, 0.2) is 48.5 Å². The molecule has 3 aliphatic rings. The summed E-state index contributed by atoms with van der Waals surface area (Å²) >= 11 is 0. The number of alkyl carbamates (subject to hydrolysis) is 1. The molecule has 5 rings (SSSR count). The Labute approximate surface area is 205 Å².